The SMILES string of the molecule is CC(NC1CCOC(C(C)C)C1)c1ccco1. The first-order valence-electron chi connectivity index (χ1n) is 6.58. The first-order chi connectivity index (χ1) is 8.16. The Labute approximate surface area is 104 Å². The molecule has 96 valence electrons. The second kappa shape index (κ2) is 5.69. The molecular weight excluding hydrogens is 214 g/mol. The van der Waals surface area contributed by atoms with Crippen LogP contribution in [0.3, 0.4) is 0 Å². The average Bonchev–Trinajstić information content (AvgIpc) is 2.82. The molecule has 2 rings (SSSR count). The van der Waals surface area contributed by atoms with Crippen LogP contribution in [0.25, 0.3) is 0 Å². The highest BCUT2D eigenvalue weighted by Gasteiger charge is 2.26. The van der Waals surface area contributed by atoms with Gasteiger partial charge in [-0.3, -0.25) is 0 Å². The van der Waals surface area contributed by atoms with E-state index in [1.165, 1.54) is 0 Å². The molecule has 1 fully saturated rings. The Balaban J connectivity index is 1.86. The zero-order valence-electron chi connectivity index (χ0n) is 11.0. The molecule has 1 N–H and O–H groups in total. The molecule has 0 amide bonds. The highest BCUT2D eigenvalue weighted by Crippen LogP contribution is 2.23. The van der Waals surface area contributed by atoms with E-state index >= 15 is 0 Å². The van der Waals surface area contributed by atoms with Gasteiger partial charge in [-0.1, -0.05) is 13.8 Å². The first kappa shape index (κ1) is 12.7. The van der Waals surface area contributed by atoms with E-state index in [0.29, 0.717) is 18.1 Å². The number of ether oxygens (including phenoxy) is 1. The summed E-state index contributed by atoms with van der Waals surface area (Å²) in [4.78, 5) is 0. The highest BCUT2D eigenvalue weighted by atomic mass is 16.5. The largest absolute Gasteiger partial charge is 0.468 e. The minimum absolute atomic E-state index is 0.279. The maximum absolute atomic E-state index is 5.78. The molecule has 1 aliphatic heterocycles. The summed E-state index contributed by atoms with van der Waals surface area (Å²) < 4.78 is 11.2. The van der Waals surface area contributed by atoms with Crippen LogP contribution in [0, 0.1) is 5.92 Å². The molecule has 3 atom stereocenters. The lowest BCUT2D eigenvalue weighted by atomic mass is 9.95. The van der Waals surface area contributed by atoms with E-state index < -0.39 is 0 Å². The van der Waals surface area contributed by atoms with Crippen LogP contribution in [-0.4, -0.2) is 18.8 Å². The molecule has 17 heavy (non-hydrogen) atoms. The molecule has 0 aliphatic carbocycles. The summed E-state index contributed by atoms with van der Waals surface area (Å²) in [6.45, 7) is 7.47. The predicted octanol–water partition coefficient (Wildman–Crippen LogP) is 3.13. The molecule has 3 nitrogen and oxygen atoms in total. The number of nitrogens with one attached hydrogen (secondary N) is 1. The minimum Gasteiger partial charge on any atom is -0.468 e. The number of hydrogen-bond acceptors (Lipinski definition) is 3. The third-order valence-electron chi connectivity index (χ3n) is 3.51. The van der Waals surface area contributed by atoms with E-state index in [4.69, 9.17) is 9.15 Å². The Bertz CT molecular complexity index is 321. The summed E-state index contributed by atoms with van der Waals surface area (Å²) in [7, 11) is 0. The Morgan fingerprint density at radius 3 is 2.82 bits per heavy atom. The zero-order valence-corrected chi connectivity index (χ0v) is 11.0. The van der Waals surface area contributed by atoms with Crippen molar-refractivity contribution in [3.63, 3.8) is 0 Å². The lowest BCUT2D eigenvalue weighted by Crippen LogP contribution is -2.41. The monoisotopic (exact) mass is 237 g/mol. The van der Waals surface area contributed by atoms with Crippen molar-refractivity contribution in [2.75, 3.05) is 6.61 Å². The summed E-state index contributed by atoms with van der Waals surface area (Å²) in [6, 6.07) is 4.78. The summed E-state index contributed by atoms with van der Waals surface area (Å²) >= 11 is 0. The van der Waals surface area contributed by atoms with Gasteiger partial charge in [0.1, 0.15) is 5.76 Å². The molecule has 1 aromatic heterocycles. The van der Waals surface area contributed by atoms with Crippen molar-refractivity contribution in [2.24, 2.45) is 5.92 Å². The van der Waals surface area contributed by atoms with Crippen LogP contribution >= 0.6 is 0 Å². The Kier molecular flexibility index (Phi) is 4.24. The summed E-state index contributed by atoms with van der Waals surface area (Å²) in [5.41, 5.74) is 0. The second-order valence-electron chi connectivity index (χ2n) is 5.28. The van der Waals surface area contributed by atoms with Crippen molar-refractivity contribution in [3.05, 3.63) is 24.2 Å². The van der Waals surface area contributed by atoms with Crippen LogP contribution in [0.15, 0.2) is 22.8 Å². The van der Waals surface area contributed by atoms with Gasteiger partial charge in [0.15, 0.2) is 0 Å². The fraction of sp³-hybridized carbons (Fsp3) is 0.714. The topological polar surface area (TPSA) is 34.4 Å². The summed E-state index contributed by atoms with van der Waals surface area (Å²) in [6.07, 6.45) is 4.32. The molecule has 0 spiro atoms. The standard InChI is InChI=1S/C14H23NO2/c1-10(2)14-9-12(6-8-17-14)15-11(3)13-5-4-7-16-13/h4-5,7,10-12,14-15H,6,8-9H2,1-3H3. The molecule has 1 aromatic rings. The lowest BCUT2D eigenvalue weighted by Gasteiger charge is -2.33. The van der Waals surface area contributed by atoms with Crippen LogP contribution in [0.4, 0.5) is 0 Å². The molecule has 3 heteroatoms. The maximum Gasteiger partial charge on any atom is 0.120 e. The molecule has 1 aliphatic rings. The molecule has 0 bridgehead atoms. The third kappa shape index (κ3) is 3.33. The molecule has 3 unspecified atom stereocenters. The van der Waals surface area contributed by atoms with Gasteiger partial charge >= 0.3 is 0 Å². The molecule has 1 saturated heterocycles. The molecule has 0 aromatic carbocycles. The minimum atomic E-state index is 0.279. The number of hydrogen-bond donors (Lipinski definition) is 1. The van der Waals surface area contributed by atoms with E-state index in [0.717, 1.165) is 25.2 Å². The van der Waals surface area contributed by atoms with Crippen molar-refractivity contribution in [1.29, 1.82) is 0 Å². The second-order valence-corrected chi connectivity index (χ2v) is 5.28. The Morgan fingerprint density at radius 2 is 2.18 bits per heavy atom. The average molecular weight is 237 g/mol. The van der Waals surface area contributed by atoms with Crippen LogP contribution in [-0.2, 0) is 4.74 Å². The van der Waals surface area contributed by atoms with E-state index in [-0.39, 0.29) is 6.04 Å². The molecule has 2 heterocycles. The summed E-state index contributed by atoms with van der Waals surface area (Å²) in [5.74, 6) is 1.61. The van der Waals surface area contributed by atoms with Crippen molar-refractivity contribution in [1.82, 2.24) is 5.32 Å². The van der Waals surface area contributed by atoms with Gasteiger partial charge in [0.2, 0.25) is 0 Å². The van der Waals surface area contributed by atoms with Gasteiger partial charge in [-0.2, -0.15) is 0 Å². The fourth-order valence-corrected chi connectivity index (χ4v) is 2.42. The lowest BCUT2D eigenvalue weighted by molar-refractivity contribution is -0.0260. The van der Waals surface area contributed by atoms with Crippen molar-refractivity contribution in [2.45, 2.75) is 51.8 Å². The van der Waals surface area contributed by atoms with E-state index in [2.05, 4.69) is 26.1 Å². The third-order valence-corrected chi connectivity index (χ3v) is 3.51. The van der Waals surface area contributed by atoms with Crippen molar-refractivity contribution in [3.8, 4) is 0 Å². The number of rotatable bonds is 4. The van der Waals surface area contributed by atoms with E-state index in [1.807, 2.05) is 12.1 Å². The van der Waals surface area contributed by atoms with Gasteiger partial charge < -0.3 is 14.5 Å². The van der Waals surface area contributed by atoms with Crippen molar-refractivity contribution < 1.29 is 9.15 Å². The molecule has 0 radical (unpaired) electrons. The Hall–Kier alpha value is -0.800. The van der Waals surface area contributed by atoms with Crippen LogP contribution in [0.1, 0.15) is 45.4 Å². The molecule has 0 saturated carbocycles. The van der Waals surface area contributed by atoms with Gasteiger partial charge in [0.05, 0.1) is 18.4 Å². The van der Waals surface area contributed by atoms with Gasteiger partial charge in [0, 0.05) is 12.6 Å². The summed E-state index contributed by atoms with van der Waals surface area (Å²) in [5, 5.41) is 3.63. The predicted molar refractivity (Wildman–Crippen MR) is 67.9 cm³/mol. The normalized spacial score (nSPS) is 27.3. The van der Waals surface area contributed by atoms with Gasteiger partial charge in [-0.15, -0.1) is 0 Å². The Morgan fingerprint density at radius 1 is 1.35 bits per heavy atom. The molecular formula is C14H23NO2. The highest BCUT2D eigenvalue weighted by molar-refractivity contribution is 5.03. The van der Waals surface area contributed by atoms with Gasteiger partial charge in [-0.25, -0.2) is 0 Å². The van der Waals surface area contributed by atoms with E-state index in [9.17, 15) is 0 Å². The van der Waals surface area contributed by atoms with Crippen molar-refractivity contribution >= 4 is 0 Å². The zero-order chi connectivity index (χ0) is 12.3. The van der Waals surface area contributed by atoms with Crippen LogP contribution in [0.2, 0.25) is 0 Å². The number of furan rings is 1. The van der Waals surface area contributed by atoms with E-state index in [1.54, 1.807) is 6.26 Å². The smallest absolute Gasteiger partial charge is 0.120 e. The van der Waals surface area contributed by atoms with Gasteiger partial charge in [0.25, 0.3) is 0 Å². The van der Waals surface area contributed by atoms with Gasteiger partial charge in [-0.05, 0) is 37.8 Å². The first-order valence-corrected chi connectivity index (χ1v) is 6.58. The fourth-order valence-electron chi connectivity index (χ4n) is 2.42. The van der Waals surface area contributed by atoms with Crippen LogP contribution in [0.5, 0.6) is 0 Å². The maximum atomic E-state index is 5.78. The van der Waals surface area contributed by atoms with Crippen LogP contribution < -0.4 is 5.32 Å². The quantitative estimate of drug-likeness (QED) is 0.873.